The molecule has 1 saturated heterocycles. The van der Waals surface area contributed by atoms with E-state index in [-0.39, 0.29) is 12.1 Å². The van der Waals surface area contributed by atoms with Crippen molar-refractivity contribution in [2.75, 3.05) is 38.3 Å². The lowest BCUT2D eigenvalue weighted by molar-refractivity contribution is 0.216. The van der Waals surface area contributed by atoms with Crippen molar-refractivity contribution in [3.63, 3.8) is 0 Å². The highest BCUT2D eigenvalue weighted by Gasteiger charge is 2.39. The van der Waals surface area contributed by atoms with Crippen LogP contribution in [-0.4, -0.2) is 69.1 Å². The molecule has 37 heavy (non-hydrogen) atoms. The Balaban J connectivity index is 1.39. The van der Waals surface area contributed by atoms with Crippen LogP contribution in [0.4, 0.5) is 5.95 Å². The van der Waals surface area contributed by atoms with Gasteiger partial charge in [0.15, 0.2) is 11.5 Å². The van der Waals surface area contributed by atoms with Gasteiger partial charge in [-0.3, -0.25) is 10.1 Å². The number of aromatic amines is 1. The Morgan fingerprint density at radius 2 is 1.84 bits per heavy atom. The summed E-state index contributed by atoms with van der Waals surface area (Å²) in [6, 6.07) is 3.70. The van der Waals surface area contributed by atoms with Crippen molar-refractivity contribution < 1.29 is 14.6 Å². The molecule has 0 radical (unpaired) electrons. The van der Waals surface area contributed by atoms with Crippen molar-refractivity contribution in [1.82, 2.24) is 30.5 Å². The summed E-state index contributed by atoms with van der Waals surface area (Å²) in [4.78, 5) is 15.2. The fraction of sp³-hybridized carbons (Fsp3) is 0.360. The van der Waals surface area contributed by atoms with Crippen LogP contribution in [0.5, 0.6) is 11.5 Å². The summed E-state index contributed by atoms with van der Waals surface area (Å²) in [5.41, 5.74) is 2.83. The van der Waals surface area contributed by atoms with Gasteiger partial charge in [0.25, 0.3) is 0 Å². The number of aromatic nitrogens is 5. The summed E-state index contributed by atoms with van der Waals surface area (Å²) in [5, 5.41) is 21.6. The van der Waals surface area contributed by atoms with E-state index >= 15 is 0 Å². The van der Waals surface area contributed by atoms with Crippen molar-refractivity contribution in [3.05, 3.63) is 52.5 Å². The van der Waals surface area contributed by atoms with Crippen LogP contribution in [-0.2, 0) is 0 Å². The highest BCUT2D eigenvalue weighted by Crippen LogP contribution is 2.40. The summed E-state index contributed by atoms with van der Waals surface area (Å²) in [6.45, 7) is 6.19. The molecule has 1 aliphatic heterocycles. The predicted molar refractivity (Wildman–Crippen MR) is 143 cm³/mol. The molecule has 4 aromatic rings. The zero-order chi connectivity index (χ0) is 26.2. The molecule has 1 atom stereocenters. The largest absolute Gasteiger partial charge is 0.493 e. The molecule has 0 unspecified atom stereocenters. The molecule has 0 spiro atoms. The van der Waals surface area contributed by atoms with Gasteiger partial charge in [0.2, 0.25) is 5.95 Å². The Hall–Kier alpha value is -3.18. The standard InChI is InChI=1S/C25H27Cl2N7O3/c1-14(22-17(26)10-28-11-18(22)27)37-21-6-16-19(7-20(21)36-3)32-33-23(16)15-8-29-24(30-9-15)34-12-25(2,13-34)31-4-5-35/h6-11,14,31,35H,4-5,12-13H2,1-3H3,(H,32,33)/t14-/m1/s1. The van der Waals surface area contributed by atoms with E-state index in [9.17, 15) is 0 Å². The van der Waals surface area contributed by atoms with E-state index < -0.39 is 6.10 Å². The van der Waals surface area contributed by atoms with Crippen LogP contribution in [0.3, 0.4) is 0 Å². The summed E-state index contributed by atoms with van der Waals surface area (Å²) in [6.07, 6.45) is 6.14. The predicted octanol–water partition coefficient (Wildman–Crippen LogP) is 4.03. The summed E-state index contributed by atoms with van der Waals surface area (Å²) < 4.78 is 11.8. The number of rotatable bonds is 9. The molecule has 1 aromatic carbocycles. The minimum absolute atomic E-state index is 0.0551. The first-order valence-electron chi connectivity index (χ1n) is 11.8. The zero-order valence-electron chi connectivity index (χ0n) is 20.6. The van der Waals surface area contributed by atoms with Gasteiger partial charge in [-0.2, -0.15) is 5.10 Å². The van der Waals surface area contributed by atoms with Crippen LogP contribution in [0, 0.1) is 0 Å². The van der Waals surface area contributed by atoms with Gasteiger partial charge in [-0.05, 0) is 19.9 Å². The summed E-state index contributed by atoms with van der Waals surface area (Å²) >= 11 is 12.7. The number of aliphatic hydroxyl groups is 1. The van der Waals surface area contributed by atoms with Crippen molar-refractivity contribution in [2.24, 2.45) is 0 Å². The molecule has 4 heterocycles. The minimum atomic E-state index is -0.457. The fourth-order valence-corrected chi connectivity index (χ4v) is 5.24. The van der Waals surface area contributed by atoms with Crippen molar-refractivity contribution in [1.29, 1.82) is 0 Å². The van der Waals surface area contributed by atoms with Gasteiger partial charge in [-0.1, -0.05) is 23.2 Å². The molecular weight excluding hydrogens is 517 g/mol. The molecule has 5 rings (SSSR count). The first kappa shape index (κ1) is 25.5. The van der Waals surface area contributed by atoms with Gasteiger partial charge in [0, 0.05) is 67.0 Å². The lowest BCUT2D eigenvalue weighted by Crippen LogP contribution is -2.68. The average molecular weight is 544 g/mol. The zero-order valence-corrected chi connectivity index (χ0v) is 22.1. The number of nitrogens with one attached hydrogen (secondary N) is 2. The average Bonchev–Trinajstić information content (AvgIpc) is 3.28. The Morgan fingerprint density at radius 1 is 1.14 bits per heavy atom. The molecule has 1 aliphatic rings. The monoisotopic (exact) mass is 543 g/mol. The van der Waals surface area contributed by atoms with E-state index in [1.54, 1.807) is 19.5 Å². The lowest BCUT2D eigenvalue weighted by Gasteiger charge is -2.48. The first-order chi connectivity index (χ1) is 17.8. The highest BCUT2D eigenvalue weighted by molar-refractivity contribution is 6.35. The summed E-state index contributed by atoms with van der Waals surface area (Å²) in [7, 11) is 1.58. The Labute approximate surface area is 223 Å². The number of anilines is 1. The maximum absolute atomic E-state index is 9.05. The van der Waals surface area contributed by atoms with Crippen LogP contribution < -0.4 is 19.7 Å². The number of halogens is 2. The van der Waals surface area contributed by atoms with E-state index in [4.69, 9.17) is 37.8 Å². The molecular formula is C25H27Cl2N7O3. The molecule has 0 bridgehead atoms. The second kappa shape index (κ2) is 10.3. The SMILES string of the molecule is COc1cc2[nH]nc(-c3cnc(N4CC(C)(NCCO)C4)nc3)c2cc1O[C@H](C)c1c(Cl)cncc1Cl. The number of pyridine rings is 1. The second-order valence-corrected chi connectivity index (χ2v) is 10.1. The second-order valence-electron chi connectivity index (χ2n) is 9.24. The van der Waals surface area contributed by atoms with Gasteiger partial charge in [0.05, 0.1) is 34.8 Å². The number of ether oxygens (including phenoxy) is 2. The van der Waals surface area contributed by atoms with Crippen LogP contribution in [0.15, 0.2) is 36.9 Å². The molecule has 0 aliphatic carbocycles. The number of hydrogen-bond acceptors (Lipinski definition) is 9. The third kappa shape index (κ3) is 5.02. The van der Waals surface area contributed by atoms with Crippen LogP contribution in [0.2, 0.25) is 10.0 Å². The molecule has 3 N–H and O–H groups in total. The van der Waals surface area contributed by atoms with E-state index in [2.05, 4.69) is 42.3 Å². The maximum Gasteiger partial charge on any atom is 0.225 e. The smallest absolute Gasteiger partial charge is 0.225 e. The van der Waals surface area contributed by atoms with E-state index in [1.165, 1.54) is 12.4 Å². The van der Waals surface area contributed by atoms with Crippen LogP contribution in [0.25, 0.3) is 22.2 Å². The van der Waals surface area contributed by atoms with E-state index in [1.807, 2.05) is 19.1 Å². The number of H-pyrrole nitrogens is 1. The van der Waals surface area contributed by atoms with Gasteiger partial charge in [0.1, 0.15) is 11.8 Å². The van der Waals surface area contributed by atoms with Crippen molar-refractivity contribution in [3.8, 4) is 22.8 Å². The normalized spacial score (nSPS) is 15.5. The maximum atomic E-state index is 9.05. The topological polar surface area (TPSA) is 121 Å². The molecule has 3 aromatic heterocycles. The number of methoxy groups -OCH3 is 1. The molecule has 0 amide bonds. The van der Waals surface area contributed by atoms with Crippen molar-refractivity contribution >= 4 is 40.1 Å². The van der Waals surface area contributed by atoms with Gasteiger partial charge in [-0.15, -0.1) is 0 Å². The Bertz CT molecular complexity index is 1390. The third-order valence-electron chi connectivity index (χ3n) is 6.39. The Kier molecular flexibility index (Phi) is 7.09. The number of hydrogen-bond donors (Lipinski definition) is 3. The first-order valence-corrected chi connectivity index (χ1v) is 12.5. The number of aliphatic hydroxyl groups excluding tert-OH is 1. The fourth-order valence-electron chi connectivity index (χ4n) is 4.57. The number of nitrogens with zero attached hydrogens (tertiary/aromatic N) is 5. The van der Waals surface area contributed by atoms with Gasteiger partial charge < -0.3 is 24.8 Å². The van der Waals surface area contributed by atoms with Crippen LogP contribution in [0.1, 0.15) is 25.5 Å². The molecule has 10 nitrogen and oxygen atoms in total. The third-order valence-corrected chi connectivity index (χ3v) is 6.99. The van der Waals surface area contributed by atoms with Crippen molar-refractivity contribution in [2.45, 2.75) is 25.5 Å². The lowest BCUT2D eigenvalue weighted by atomic mass is 9.92. The van der Waals surface area contributed by atoms with Gasteiger partial charge in [-0.25, -0.2) is 9.97 Å². The molecule has 12 heteroatoms. The van der Waals surface area contributed by atoms with E-state index in [0.29, 0.717) is 45.3 Å². The quantitative estimate of drug-likeness (QED) is 0.287. The Morgan fingerprint density at radius 3 is 2.49 bits per heavy atom. The van der Waals surface area contributed by atoms with Gasteiger partial charge >= 0.3 is 0 Å². The minimum Gasteiger partial charge on any atom is -0.493 e. The summed E-state index contributed by atoms with van der Waals surface area (Å²) in [5.74, 6) is 1.71. The molecule has 1 fully saturated rings. The highest BCUT2D eigenvalue weighted by atomic mass is 35.5. The molecule has 194 valence electrons. The number of fused-ring (bicyclic) bond motifs is 1. The number of benzene rings is 1. The molecule has 0 saturated carbocycles. The van der Waals surface area contributed by atoms with E-state index in [0.717, 1.165) is 29.6 Å². The number of β-amino-alcohol motifs (C(OH)–C–C–N with tert-alkyl or cyclic N) is 1. The van der Waals surface area contributed by atoms with Crippen LogP contribution >= 0.6 is 23.2 Å².